The van der Waals surface area contributed by atoms with Crippen LogP contribution in [0.2, 0.25) is 10.3 Å². The average Bonchev–Trinajstić information content (AvgIpc) is 1.98. The Labute approximate surface area is 63.4 Å². The summed E-state index contributed by atoms with van der Waals surface area (Å²) in [5.41, 5.74) is 0. The standard InChI is InChI=1S/C5H4Cl2N2/c1-3-8-4(6)5(7)9(3)2/h2H,1H3. The number of halogens is 2. The minimum atomic E-state index is 0.247. The molecule has 0 amide bonds. The zero-order valence-electron chi connectivity index (χ0n) is 4.73. The quantitative estimate of drug-likeness (QED) is 0.571. The maximum absolute atomic E-state index is 5.54. The Balaban J connectivity index is 3.29. The van der Waals surface area contributed by atoms with Crippen LogP contribution in [-0.2, 0) is 0 Å². The largest absolute Gasteiger partial charge is 0.310 e. The molecule has 0 aromatic carbocycles. The Kier molecular flexibility index (Phi) is 1.68. The van der Waals surface area contributed by atoms with E-state index in [-0.39, 0.29) is 10.3 Å². The third-order valence-electron chi connectivity index (χ3n) is 0.990. The fraction of sp³-hybridized carbons (Fsp3) is 0.200. The molecule has 4 heteroatoms. The molecule has 0 atom stereocenters. The van der Waals surface area contributed by atoms with Gasteiger partial charge in [0.05, 0.1) is 7.05 Å². The molecule has 0 aliphatic rings. The molecule has 0 N–H and O–H groups in total. The molecule has 1 rings (SSSR count). The molecule has 0 aliphatic carbocycles. The molecule has 1 aromatic heterocycles. The molecule has 0 bridgehead atoms. The van der Waals surface area contributed by atoms with E-state index in [1.54, 1.807) is 6.92 Å². The summed E-state index contributed by atoms with van der Waals surface area (Å²) in [7, 11) is 5.34. The lowest BCUT2D eigenvalue weighted by molar-refractivity contribution is 0.975. The molecule has 0 saturated heterocycles. The highest BCUT2D eigenvalue weighted by molar-refractivity contribution is 6.40. The molecule has 2 nitrogen and oxygen atoms in total. The van der Waals surface area contributed by atoms with Gasteiger partial charge in [0.15, 0.2) is 5.15 Å². The molecule has 2 radical (unpaired) electrons. The summed E-state index contributed by atoms with van der Waals surface area (Å²) in [6.07, 6.45) is 0. The Morgan fingerprint density at radius 1 is 1.56 bits per heavy atom. The van der Waals surface area contributed by atoms with Crippen LogP contribution in [0.25, 0.3) is 0 Å². The van der Waals surface area contributed by atoms with Crippen molar-refractivity contribution in [2.45, 2.75) is 6.92 Å². The van der Waals surface area contributed by atoms with E-state index in [4.69, 9.17) is 30.2 Å². The summed E-state index contributed by atoms with van der Waals surface area (Å²) in [5.74, 6) is 0.602. The van der Waals surface area contributed by atoms with Gasteiger partial charge in [-0.2, -0.15) is 0 Å². The van der Waals surface area contributed by atoms with E-state index >= 15 is 0 Å². The summed E-state index contributed by atoms with van der Waals surface area (Å²) < 4.78 is 1.23. The van der Waals surface area contributed by atoms with Crippen LogP contribution < -0.4 is 0 Å². The van der Waals surface area contributed by atoms with Crippen molar-refractivity contribution in [3.05, 3.63) is 23.2 Å². The number of hydrogen-bond acceptors (Lipinski definition) is 1. The number of nitrogens with zero attached hydrogens (tertiary/aromatic N) is 2. The number of hydrogen-bond donors (Lipinski definition) is 0. The third kappa shape index (κ3) is 1.05. The summed E-state index contributed by atoms with van der Waals surface area (Å²) in [6, 6.07) is 0. The molecule has 48 valence electrons. The second-order valence-electron chi connectivity index (χ2n) is 1.61. The van der Waals surface area contributed by atoms with Crippen molar-refractivity contribution in [2.24, 2.45) is 0 Å². The van der Waals surface area contributed by atoms with Crippen LogP contribution in [0.4, 0.5) is 0 Å². The molecule has 1 aromatic rings. The van der Waals surface area contributed by atoms with Crippen LogP contribution in [0, 0.1) is 14.0 Å². The van der Waals surface area contributed by atoms with Crippen LogP contribution in [0.1, 0.15) is 5.82 Å². The van der Waals surface area contributed by atoms with E-state index < -0.39 is 0 Å². The van der Waals surface area contributed by atoms with Crippen LogP contribution in [0.3, 0.4) is 0 Å². The minimum absolute atomic E-state index is 0.247. The van der Waals surface area contributed by atoms with Gasteiger partial charge < -0.3 is 4.57 Å². The maximum Gasteiger partial charge on any atom is 0.166 e. The molecule has 9 heavy (non-hydrogen) atoms. The maximum atomic E-state index is 5.54. The number of aromatic nitrogens is 2. The van der Waals surface area contributed by atoms with E-state index in [0.717, 1.165) is 0 Å². The van der Waals surface area contributed by atoms with Crippen LogP contribution in [-0.4, -0.2) is 9.55 Å². The van der Waals surface area contributed by atoms with Gasteiger partial charge in [-0.1, -0.05) is 23.2 Å². The van der Waals surface area contributed by atoms with Gasteiger partial charge in [0.1, 0.15) is 11.0 Å². The van der Waals surface area contributed by atoms with Crippen molar-refractivity contribution in [3.8, 4) is 0 Å². The normalized spacial score (nSPS) is 10.2. The van der Waals surface area contributed by atoms with Gasteiger partial charge in [0, 0.05) is 0 Å². The van der Waals surface area contributed by atoms with Crippen LogP contribution in [0.15, 0.2) is 0 Å². The zero-order valence-corrected chi connectivity index (χ0v) is 6.24. The highest BCUT2D eigenvalue weighted by Crippen LogP contribution is 2.20. The molecule has 0 spiro atoms. The average molecular weight is 163 g/mol. The molecule has 1 heterocycles. The highest BCUT2D eigenvalue weighted by atomic mass is 35.5. The lowest BCUT2D eigenvalue weighted by Crippen LogP contribution is -1.86. The molecule has 0 unspecified atom stereocenters. The fourth-order valence-corrected chi connectivity index (χ4v) is 0.861. The summed E-state index contributed by atoms with van der Waals surface area (Å²) >= 11 is 11.0. The fourth-order valence-electron chi connectivity index (χ4n) is 0.484. The Hall–Kier alpha value is -0.210. The first-order valence-corrected chi connectivity index (χ1v) is 3.04. The summed E-state index contributed by atoms with van der Waals surface area (Å²) in [5, 5.41) is 0.519. The summed E-state index contributed by atoms with van der Waals surface area (Å²) in [6.45, 7) is 1.72. The van der Waals surface area contributed by atoms with Gasteiger partial charge >= 0.3 is 0 Å². The molecular weight excluding hydrogens is 159 g/mol. The van der Waals surface area contributed by atoms with Crippen molar-refractivity contribution >= 4 is 23.2 Å². The predicted octanol–water partition coefficient (Wildman–Crippen LogP) is 2.02. The number of imidazole rings is 1. The molecule has 0 aliphatic heterocycles. The van der Waals surface area contributed by atoms with Gasteiger partial charge in [-0.15, -0.1) is 0 Å². The van der Waals surface area contributed by atoms with E-state index in [9.17, 15) is 0 Å². The van der Waals surface area contributed by atoms with Gasteiger partial charge in [0.25, 0.3) is 0 Å². The lowest BCUT2D eigenvalue weighted by atomic mass is 10.7. The van der Waals surface area contributed by atoms with Crippen molar-refractivity contribution in [3.63, 3.8) is 0 Å². The first-order valence-electron chi connectivity index (χ1n) is 2.28. The number of rotatable bonds is 0. The molecule has 0 saturated carbocycles. The Bertz CT molecular complexity index is 207. The van der Waals surface area contributed by atoms with E-state index in [1.165, 1.54) is 4.57 Å². The van der Waals surface area contributed by atoms with Gasteiger partial charge in [-0.05, 0) is 6.92 Å². The van der Waals surface area contributed by atoms with Crippen molar-refractivity contribution in [1.82, 2.24) is 9.55 Å². The second-order valence-corrected chi connectivity index (χ2v) is 2.33. The minimum Gasteiger partial charge on any atom is -0.310 e. The van der Waals surface area contributed by atoms with E-state index in [0.29, 0.717) is 5.82 Å². The molecular formula is C5H4Cl2N2. The first kappa shape index (κ1) is 6.90. The zero-order chi connectivity index (χ0) is 7.02. The Morgan fingerprint density at radius 3 is 2.22 bits per heavy atom. The van der Waals surface area contributed by atoms with Crippen molar-refractivity contribution in [2.75, 3.05) is 0 Å². The lowest BCUT2D eigenvalue weighted by Gasteiger charge is -1.90. The number of aryl methyl sites for hydroxylation is 1. The monoisotopic (exact) mass is 162 g/mol. The SMILES string of the molecule is [CH]n1c(C)nc(Cl)c1Cl. The topological polar surface area (TPSA) is 17.8 Å². The van der Waals surface area contributed by atoms with Crippen molar-refractivity contribution in [1.29, 1.82) is 0 Å². The van der Waals surface area contributed by atoms with Crippen molar-refractivity contribution < 1.29 is 0 Å². The van der Waals surface area contributed by atoms with Gasteiger partial charge in [0.2, 0.25) is 0 Å². The predicted molar refractivity (Wildman–Crippen MR) is 36.7 cm³/mol. The van der Waals surface area contributed by atoms with Gasteiger partial charge in [-0.25, -0.2) is 4.98 Å². The van der Waals surface area contributed by atoms with E-state index in [1.807, 2.05) is 0 Å². The second kappa shape index (κ2) is 2.20. The Morgan fingerprint density at radius 2 is 2.11 bits per heavy atom. The first-order chi connectivity index (χ1) is 4.13. The smallest absolute Gasteiger partial charge is 0.166 e. The van der Waals surface area contributed by atoms with E-state index in [2.05, 4.69) is 4.98 Å². The highest BCUT2D eigenvalue weighted by Gasteiger charge is 2.05. The van der Waals surface area contributed by atoms with Crippen LogP contribution in [0.5, 0.6) is 0 Å². The van der Waals surface area contributed by atoms with Gasteiger partial charge in [-0.3, -0.25) is 0 Å². The van der Waals surface area contributed by atoms with Crippen LogP contribution >= 0.6 is 23.2 Å². The third-order valence-corrected chi connectivity index (χ3v) is 1.71. The molecule has 0 fully saturated rings. The summed E-state index contributed by atoms with van der Waals surface area (Å²) in [4.78, 5) is 3.78.